The normalized spacial score (nSPS) is 26.4. The van der Waals surface area contributed by atoms with Crippen molar-refractivity contribution in [3.05, 3.63) is 18.0 Å². The lowest BCUT2D eigenvalue weighted by Gasteiger charge is -2.44. The zero-order chi connectivity index (χ0) is 18.4. The summed E-state index contributed by atoms with van der Waals surface area (Å²) in [6.45, 7) is 10.4. The number of nitrogens with zero attached hydrogens (tertiary/aromatic N) is 4. The Bertz CT molecular complexity index is 741. The van der Waals surface area contributed by atoms with E-state index in [4.69, 9.17) is 0 Å². The van der Waals surface area contributed by atoms with Crippen LogP contribution in [0.1, 0.15) is 44.1 Å². The molecule has 2 fully saturated rings. The Hall–Kier alpha value is -1.41. The van der Waals surface area contributed by atoms with Gasteiger partial charge in [-0.1, -0.05) is 13.8 Å². The molecule has 0 unspecified atom stereocenters. The van der Waals surface area contributed by atoms with Crippen molar-refractivity contribution in [2.45, 2.75) is 45.8 Å². The smallest absolute Gasteiger partial charge is 0.257 e. The number of carbonyl (C=O) groups is 1. The number of fused-ring (bicyclic) bond motifs is 1. The molecule has 1 amide bonds. The third-order valence-electron chi connectivity index (χ3n) is 5.03. The number of rotatable bonds is 4. The molecule has 1 aromatic rings. The molecule has 0 saturated carbocycles. The van der Waals surface area contributed by atoms with Crippen molar-refractivity contribution in [3.8, 4) is 0 Å². The Kier molecular flexibility index (Phi) is 4.94. The van der Waals surface area contributed by atoms with E-state index in [0.717, 1.165) is 13.1 Å². The maximum absolute atomic E-state index is 13.0. The first-order chi connectivity index (χ1) is 11.7. The van der Waals surface area contributed by atoms with Crippen LogP contribution in [0.3, 0.4) is 0 Å². The highest BCUT2D eigenvalue weighted by atomic mass is 32.2. The number of sulfone groups is 1. The van der Waals surface area contributed by atoms with Crippen molar-refractivity contribution in [2.75, 3.05) is 31.1 Å². The monoisotopic (exact) mass is 368 g/mol. The third kappa shape index (κ3) is 3.74. The summed E-state index contributed by atoms with van der Waals surface area (Å²) < 4.78 is 26.2. The number of piperazine rings is 1. The van der Waals surface area contributed by atoms with Crippen molar-refractivity contribution < 1.29 is 13.2 Å². The molecule has 2 aliphatic rings. The van der Waals surface area contributed by atoms with Gasteiger partial charge in [-0.3, -0.25) is 14.4 Å². The highest BCUT2D eigenvalue weighted by molar-refractivity contribution is 7.91. The Balaban J connectivity index is 1.83. The summed E-state index contributed by atoms with van der Waals surface area (Å²) in [5.74, 6) is 0.578. The van der Waals surface area contributed by atoms with Crippen LogP contribution in [-0.4, -0.2) is 77.1 Å². The van der Waals surface area contributed by atoms with Crippen LogP contribution in [0.15, 0.2) is 12.4 Å². The van der Waals surface area contributed by atoms with Gasteiger partial charge in [0, 0.05) is 37.9 Å². The second-order valence-electron chi connectivity index (χ2n) is 7.90. The highest BCUT2D eigenvalue weighted by Gasteiger charge is 2.48. The van der Waals surface area contributed by atoms with Crippen LogP contribution < -0.4 is 0 Å². The zero-order valence-corrected chi connectivity index (χ0v) is 16.2. The second-order valence-corrected chi connectivity index (χ2v) is 10.1. The van der Waals surface area contributed by atoms with Gasteiger partial charge in [-0.15, -0.1) is 0 Å². The summed E-state index contributed by atoms with van der Waals surface area (Å²) >= 11 is 0. The van der Waals surface area contributed by atoms with Crippen molar-refractivity contribution in [2.24, 2.45) is 5.92 Å². The molecule has 1 aromatic heterocycles. The lowest BCUT2D eigenvalue weighted by atomic mass is 10.0. The molecular weight excluding hydrogens is 340 g/mol. The summed E-state index contributed by atoms with van der Waals surface area (Å²) in [7, 11) is -3.11. The second kappa shape index (κ2) is 6.72. The fourth-order valence-corrected chi connectivity index (χ4v) is 5.88. The molecule has 0 aliphatic carbocycles. The number of aromatic nitrogens is 2. The molecule has 7 nitrogen and oxygen atoms in total. The summed E-state index contributed by atoms with van der Waals surface area (Å²) in [6, 6.07) is -0.165. The third-order valence-corrected chi connectivity index (χ3v) is 6.73. The molecular formula is C17H28N4O3S. The molecule has 2 saturated heterocycles. The van der Waals surface area contributed by atoms with E-state index in [9.17, 15) is 13.2 Å². The fourth-order valence-electron chi connectivity index (χ4n) is 3.87. The lowest BCUT2D eigenvalue weighted by molar-refractivity contribution is 0.0297. The predicted octanol–water partition coefficient (Wildman–Crippen LogP) is 1.04. The molecule has 140 valence electrons. The molecule has 3 heterocycles. The van der Waals surface area contributed by atoms with Crippen LogP contribution in [-0.2, 0) is 9.84 Å². The van der Waals surface area contributed by atoms with Crippen LogP contribution in [0, 0.1) is 5.92 Å². The van der Waals surface area contributed by atoms with Crippen LogP contribution in [0.5, 0.6) is 0 Å². The molecule has 0 spiro atoms. The molecule has 0 bridgehead atoms. The zero-order valence-electron chi connectivity index (χ0n) is 15.4. The predicted molar refractivity (Wildman–Crippen MR) is 96.3 cm³/mol. The van der Waals surface area contributed by atoms with Gasteiger partial charge in [0.15, 0.2) is 9.84 Å². The summed E-state index contributed by atoms with van der Waals surface area (Å²) in [5, 5.41) is 4.24. The van der Waals surface area contributed by atoms with E-state index < -0.39 is 9.84 Å². The van der Waals surface area contributed by atoms with E-state index >= 15 is 0 Å². The van der Waals surface area contributed by atoms with Crippen LogP contribution in [0.4, 0.5) is 0 Å². The van der Waals surface area contributed by atoms with E-state index in [0.29, 0.717) is 18.0 Å². The van der Waals surface area contributed by atoms with Gasteiger partial charge in [-0.05, 0) is 19.8 Å². The first-order valence-corrected chi connectivity index (χ1v) is 10.8. The van der Waals surface area contributed by atoms with Gasteiger partial charge in [-0.25, -0.2) is 8.42 Å². The molecule has 2 atom stereocenters. The summed E-state index contributed by atoms with van der Waals surface area (Å²) in [5.41, 5.74) is 0.536. The van der Waals surface area contributed by atoms with Crippen molar-refractivity contribution >= 4 is 15.7 Å². The Labute approximate surface area is 149 Å². The highest BCUT2D eigenvalue weighted by Crippen LogP contribution is 2.28. The van der Waals surface area contributed by atoms with Gasteiger partial charge in [0.2, 0.25) is 0 Å². The first kappa shape index (κ1) is 18.4. The van der Waals surface area contributed by atoms with Crippen molar-refractivity contribution in [1.82, 2.24) is 19.6 Å². The van der Waals surface area contributed by atoms with Gasteiger partial charge in [0.05, 0.1) is 29.3 Å². The van der Waals surface area contributed by atoms with Crippen molar-refractivity contribution in [1.29, 1.82) is 0 Å². The van der Waals surface area contributed by atoms with Crippen LogP contribution >= 0.6 is 0 Å². The summed E-state index contributed by atoms with van der Waals surface area (Å²) in [6.07, 6.45) is 3.34. The molecule has 8 heteroatoms. The molecule has 25 heavy (non-hydrogen) atoms. The van der Waals surface area contributed by atoms with Gasteiger partial charge < -0.3 is 4.90 Å². The fraction of sp³-hybridized carbons (Fsp3) is 0.765. The number of hydrogen-bond donors (Lipinski definition) is 0. The lowest BCUT2D eigenvalue weighted by Crippen LogP contribution is -2.61. The molecule has 0 N–H and O–H groups in total. The van der Waals surface area contributed by atoms with Gasteiger partial charge in [-0.2, -0.15) is 5.10 Å². The van der Waals surface area contributed by atoms with E-state index in [1.54, 1.807) is 22.0 Å². The summed E-state index contributed by atoms with van der Waals surface area (Å²) in [4.78, 5) is 17.0. The molecule has 0 radical (unpaired) electrons. The van der Waals surface area contributed by atoms with Crippen LogP contribution in [0.25, 0.3) is 0 Å². The minimum absolute atomic E-state index is 0.0658. The molecule has 0 aromatic carbocycles. The van der Waals surface area contributed by atoms with Gasteiger partial charge in [0.25, 0.3) is 5.91 Å². The van der Waals surface area contributed by atoms with E-state index in [1.807, 2.05) is 13.8 Å². The topological polar surface area (TPSA) is 75.5 Å². The maximum Gasteiger partial charge on any atom is 0.257 e. The average Bonchev–Trinajstić information content (AvgIpc) is 3.10. The SMILES string of the molecule is CC(C)CN1CCN(C(=O)c2cnn(C(C)C)c2)[C@H]2CS(=O)(=O)C[C@H]21. The minimum atomic E-state index is -3.11. The number of amides is 1. The van der Waals surface area contributed by atoms with Crippen LogP contribution in [0.2, 0.25) is 0 Å². The molecule has 2 aliphatic heterocycles. The number of carbonyl (C=O) groups excluding carboxylic acids is 1. The Morgan fingerprint density at radius 3 is 2.48 bits per heavy atom. The minimum Gasteiger partial charge on any atom is -0.332 e. The molecule has 3 rings (SSSR count). The quantitative estimate of drug-likeness (QED) is 0.794. The average molecular weight is 369 g/mol. The Morgan fingerprint density at radius 1 is 1.20 bits per heavy atom. The van der Waals surface area contributed by atoms with E-state index in [1.165, 1.54) is 0 Å². The maximum atomic E-state index is 13.0. The van der Waals surface area contributed by atoms with Gasteiger partial charge >= 0.3 is 0 Å². The van der Waals surface area contributed by atoms with E-state index in [2.05, 4.69) is 23.8 Å². The largest absolute Gasteiger partial charge is 0.332 e. The first-order valence-electron chi connectivity index (χ1n) is 8.97. The number of hydrogen-bond acceptors (Lipinski definition) is 5. The Morgan fingerprint density at radius 2 is 1.88 bits per heavy atom. The van der Waals surface area contributed by atoms with Gasteiger partial charge in [0.1, 0.15) is 0 Å². The standard InChI is InChI=1S/C17H28N4O3S/c1-12(2)8-19-5-6-20(16-11-25(23,24)10-15(16)19)17(22)14-7-18-21(9-14)13(3)4/h7,9,12-13,15-16H,5-6,8,10-11H2,1-4H3/t15-,16+/m1/s1. The van der Waals surface area contributed by atoms with E-state index in [-0.39, 0.29) is 35.5 Å². The van der Waals surface area contributed by atoms with Crippen molar-refractivity contribution in [3.63, 3.8) is 0 Å².